The molecule has 3 nitrogen and oxygen atoms in total. The Hall–Kier alpha value is -0.480. The predicted octanol–water partition coefficient (Wildman–Crippen LogP) is 3.33. The fourth-order valence-electron chi connectivity index (χ4n) is 2.84. The Morgan fingerprint density at radius 1 is 1.35 bits per heavy atom. The first-order chi connectivity index (χ1) is 8.35. The van der Waals surface area contributed by atoms with E-state index in [1.165, 1.54) is 49.1 Å². The van der Waals surface area contributed by atoms with Crippen LogP contribution >= 0.6 is 11.5 Å². The molecule has 1 aliphatic rings. The highest BCUT2D eigenvalue weighted by Gasteiger charge is 2.22. The zero-order valence-electron chi connectivity index (χ0n) is 10.9. The third-order valence-corrected chi connectivity index (χ3v) is 4.76. The monoisotopic (exact) mass is 253 g/mol. The Balaban J connectivity index is 2.00. The molecule has 0 bridgehead atoms. The maximum absolute atomic E-state index is 4.23. The van der Waals surface area contributed by atoms with E-state index in [-0.39, 0.29) is 0 Å². The van der Waals surface area contributed by atoms with Crippen LogP contribution in [0.2, 0.25) is 0 Å². The van der Waals surface area contributed by atoms with E-state index in [2.05, 4.69) is 28.9 Å². The number of hydrogen-bond acceptors (Lipinski definition) is 4. The van der Waals surface area contributed by atoms with Crippen LogP contribution in [0.3, 0.4) is 0 Å². The van der Waals surface area contributed by atoms with E-state index in [1.807, 2.05) is 0 Å². The number of nitrogens with one attached hydrogen (secondary N) is 1. The van der Waals surface area contributed by atoms with Crippen LogP contribution in [0.1, 0.15) is 62.1 Å². The van der Waals surface area contributed by atoms with Crippen LogP contribution in [0.25, 0.3) is 0 Å². The van der Waals surface area contributed by atoms with Crippen molar-refractivity contribution < 1.29 is 0 Å². The van der Waals surface area contributed by atoms with Crippen LogP contribution in [0.5, 0.6) is 0 Å². The number of nitrogens with zero attached hydrogens (tertiary/aromatic N) is 2. The SMILES string of the molecule is CCc1nnsc1C(CC1CCCCC1)NC. The first-order valence-corrected chi connectivity index (χ1v) is 7.60. The molecule has 1 aromatic heterocycles. The molecule has 0 aromatic carbocycles. The van der Waals surface area contributed by atoms with Crippen LogP contribution in [-0.4, -0.2) is 16.6 Å². The van der Waals surface area contributed by atoms with Gasteiger partial charge in [-0.2, -0.15) is 0 Å². The summed E-state index contributed by atoms with van der Waals surface area (Å²) in [7, 11) is 2.06. The van der Waals surface area contributed by atoms with Gasteiger partial charge in [0.05, 0.1) is 10.6 Å². The van der Waals surface area contributed by atoms with E-state index in [4.69, 9.17) is 0 Å². The van der Waals surface area contributed by atoms with E-state index < -0.39 is 0 Å². The molecule has 0 amide bonds. The summed E-state index contributed by atoms with van der Waals surface area (Å²) in [5.41, 5.74) is 1.19. The molecule has 1 atom stereocenters. The van der Waals surface area contributed by atoms with Gasteiger partial charge in [0.15, 0.2) is 0 Å². The van der Waals surface area contributed by atoms with Gasteiger partial charge in [0.1, 0.15) is 0 Å². The number of aromatic nitrogens is 2. The van der Waals surface area contributed by atoms with Gasteiger partial charge in [-0.25, -0.2) is 0 Å². The summed E-state index contributed by atoms with van der Waals surface area (Å²) in [5, 5.41) is 7.68. The summed E-state index contributed by atoms with van der Waals surface area (Å²) in [6, 6.07) is 0.466. The van der Waals surface area contributed by atoms with Crippen LogP contribution in [-0.2, 0) is 6.42 Å². The predicted molar refractivity (Wildman–Crippen MR) is 72.3 cm³/mol. The molecular formula is C13H23N3S. The Morgan fingerprint density at radius 3 is 2.76 bits per heavy atom. The van der Waals surface area contributed by atoms with Crippen LogP contribution < -0.4 is 5.32 Å². The molecule has 4 heteroatoms. The maximum atomic E-state index is 4.23. The molecule has 17 heavy (non-hydrogen) atoms. The smallest absolute Gasteiger partial charge is 0.0800 e. The molecule has 1 fully saturated rings. The topological polar surface area (TPSA) is 37.8 Å². The van der Waals surface area contributed by atoms with Crippen molar-refractivity contribution in [3.8, 4) is 0 Å². The maximum Gasteiger partial charge on any atom is 0.0800 e. The Morgan fingerprint density at radius 2 is 2.12 bits per heavy atom. The van der Waals surface area contributed by atoms with Crippen molar-refractivity contribution in [3.63, 3.8) is 0 Å². The van der Waals surface area contributed by atoms with E-state index in [9.17, 15) is 0 Å². The third-order valence-electron chi connectivity index (χ3n) is 3.88. The van der Waals surface area contributed by atoms with Crippen LogP contribution in [0, 0.1) is 5.92 Å². The van der Waals surface area contributed by atoms with Crippen molar-refractivity contribution in [2.75, 3.05) is 7.05 Å². The minimum Gasteiger partial charge on any atom is -0.312 e. The highest BCUT2D eigenvalue weighted by atomic mass is 32.1. The highest BCUT2D eigenvalue weighted by Crippen LogP contribution is 2.33. The first-order valence-electron chi connectivity index (χ1n) is 6.83. The molecule has 96 valence electrons. The minimum absolute atomic E-state index is 0.466. The molecule has 2 rings (SSSR count). The van der Waals surface area contributed by atoms with Crippen molar-refractivity contribution in [2.45, 2.75) is 57.9 Å². The summed E-state index contributed by atoms with van der Waals surface area (Å²) in [6.07, 6.45) is 9.34. The van der Waals surface area contributed by atoms with Crippen molar-refractivity contribution in [1.29, 1.82) is 0 Å². The lowest BCUT2D eigenvalue weighted by atomic mass is 9.84. The van der Waals surface area contributed by atoms with Gasteiger partial charge >= 0.3 is 0 Å². The summed E-state index contributed by atoms with van der Waals surface area (Å²) < 4.78 is 4.11. The fraction of sp³-hybridized carbons (Fsp3) is 0.846. The van der Waals surface area contributed by atoms with Crippen molar-refractivity contribution in [2.24, 2.45) is 5.92 Å². The van der Waals surface area contributed by atoms with Crippen molar-refractivity contribution in [1.82, 2.24) is 14.9 Å². The van der Waals surface area contributed by atoms with Crippen LogP contribution in [0.15, 0.2) is 0 Å². The van der Waals surface area contributed by atoms with E-state index in [0.29, 0.717) is 6.04 Å². The van der Waals surface area contributed by atoms with E-state index in [0.717, 1.165) is 12.3 Å². The second-order valence-electron chi connectivity index (χ2n) is 5.02. The molecule has 0 spiro atoms. The average Bonchev–Trinajstić information content (AvgIpc) is 2.85. The summed E-state index contributed by atoms with van der Waals surface area (Å²) >= 11 is 1.57. The molecule has 1 heterocycles. The first kappa shape index (κ1) is 13.0. The van der Waals surface area contributed by atoms with Gasteiger partial charge in [0.2, 0.25) is 0 Å². The van der Waals surface area contributed by atoms with Gasteiger partial charge in [-0.15, -0.1) is 5.10 Å². The molecule has 0 aliphatic heterocycles. The quantitative estimate of drug-likeness (QED) is 0.874. The Kier molecular flexibility index (Phi) is 4.92. The summed E-state index contributed by atoms with van der Waals surface area (Å²) in [4.78, 5) is 1.36. The molecule has 0 saturated heterocycles. The lowest BCUT2D eigenvalue weighted by molar-refractivity contribution is 0.306. The average molecular weight is 253 g/mol. The molecule has 1 unspecified atom stereocenters. The van der Waals surface area contributed by atoms with Gasteiger partial charge < -0.3 is 5.32 Å². The molecule has 1 aromatic rings. The standard InChI is InChI=1S/C13H23N3S/c1-3-11-13(17-16-15-11)12(14-2)9-10-7-5-4-6-8-10/h10,12,14H,3-9H2,1-2H3. The molecular weight excluding hydrogens is 230 g/mol. The Bertz CT molecular complexity index is 331. The van der Waals surface area contributed by atoms with Gasteiger partial charge in [0.25, 0.3) is 0 Å². The Labute approximate surface area is 108 Å². The lowest BCUT2D eigenvalue weighted by Crippen LogP contribution is -2.21. The van der Waals surface area contributed by atoms with Gasteiger partial charge in [-0.05, 0) is 37.3 Å². The highest BCUT2D eigenvalue weighted by molar-refractivity contribution is 7.05. The third kappa shape index (κ3) is 3.26. The van der Waals surface area contributed by atoms with Crippen molar-refractivity contribution in [3.05, 3.63) is 10.6 Å². The molecule has 1 N–H and O–H groups in total. The van der Waals surface area contributed by atoms with Gasteiger partial charge in [-0.3, -0.25) is 0 Å². The zero-order valence-corrected chi connectivity index (χ0v) is 11.7. The number of hydrogen-bond donors (Lipinski definition) is 1. The van der Waals surface area contributed by atoms with Gasteiger partial charge in [-0.1, -0.05) is 43.5 Å². The van der Waals surface area contributed by atoms with E-state index in [1.54, 1.807) is 11.5 Å². The summed E-state index contributed by atoms with van der Waals surface area (Å²) in [5.74, 6) is 0.896. The minimum atomic E-state index is 0.466. The zero-order chi connectivity index (χ0) is 12.1. The molecule has 0 radical (unpaired) electrons. The van der Waals surface area contributed by atoms with E-state index >= 15 is 0 Å². The fourth-order valence-corrected chi connectivity index (χ4v) is 3.70. The molecule has 1 aliphatic carbocycles. The number of aryl methyl sites for hydroxylation is 1. The number of rotatable bonds is 5. The van der Waals surface area contributed by atoms with Crippen molar-refractivity contribution >= 4 is 11.5 Å². The largest absolute Gasteiger partial charge is 0.312 e. The van der Waals surface area contributed by atoms with Crippen LogP contribution in [0.4, 0.5) is 0 Å². The normalized spacial score (nSPS) is 19.4. The second-order valence-corrected chi connectivity index (χ2v) is 5.80. The molecule has 1 saturated carbocycles. The summed E-state index contributed by atoms with van der Waals surface area (Å²) in [6.45, 7) is 2.16. The van der Waals surface area contributed by atoms with Gasteiger partial charge in [0, 0.05) is 6.04 Å². The lowest BCUT2D eigenvalue weighted by Gasteiger charge is -2.25. The second kappa shape index (κ2) is 6.45.